The Morgan fingerprint density at radius 3 is 2.92 bits per heavy atom. The highest BCUT2D eigenvalue weighted by Gasteiger charge is 2.25. The van der Waals surface area contributed by atoms with Crippen LogP contribution in [0.4, 0.5) is 5.69 Å². The van der Waals surface area contributed by atoms with Crippen molar-refractivity contribution in [3.8, 4) is 5.75 Å². The van der Waals surface area contributed by atoms with Gasteiger partial charge in [0.05, 0.1) is 19.3 Å². The first-order valence-electron chi connectivity index (χ1n) is 8.60. The predicted octanol–water partition coefficient (Wildman–Crippen LogP) is 3.70. The van der Waals surface area contributed by atoms with E-state index in [9.17, 15) is 4.79 Å². The zero-order chi connectivity index (χ0) is 17.6. The van der Waals surface area contributed by atoms with Gasteiger partial charge in [-0.2, -0.15) is 0 Å². The van der Waals surface area contributed by atoms with Crippen LogP contribution in [0.1, 0.15) is 18.9 Å². The van der Waals surface area contributed by atoms with E-state index >= 15 is 0 Å². The van der Waals surface area contributed by atoms with Gasteiger partial charge in [0.2, 0.25) is 5.91 Å². The molecule has 0 saturated carbocycles. The molecule has 132 valence electrons. The van der Waals surface area contributed by atoms with E-state index in [2.05, 4.69) is 35.3 Å². The van der Waals surface area contributed by atoms with Crippen molar-refractivity contribution in [1.82, 2.24) is 5.32 Å². The van der Waals surface area contributed by atoms with E-state index in [1.54, 1.807) is 7.11 Å². The number of nitrogens with zero attached hydrogens (tertiary/aromatic N) is 1. The van der Waals surface area contributed by atoms with Gasteiger partial charge in [0.1, 0.15) is 5.75 Å². The van der Waals surface area contributed by atoms with Crippen LogP contribution >= 0.6 is 11.8 Å². The Balaban J connectivity index is 1.62. The smallest absolute Gasteiger partial charge is 0.239 e. The van der Waals surface area contributed by atoms with Gasteiger partial charge in [-0.05, 0) is 36.2 Å². The maximum atomic E-state index is 12.5. The number of para-hydroxylation sites is 1. The largest absolute Gasteiger partial charge is 0.497 e. The molecule has 0 bridgehead atoms. The van der Waals surface area contributed by atoms with Crippen LogP contribution in [0.5, 0.6) is 5.75 Å². The number of rotatable bonds is 6. The third kappa shape index (κ3) is 4.48. The number of hydrogen-bond donors (Lipinski definition) is 1. The van der Waals surface area contributed by atoms with Gasteiger partial charge < -0.3 is 15.0 Å². The summed E-state index contributed by atoms with van der Waals surface area (Å²) in [6.07, 6.45) is 1.10. The number of ether oxygens (including phenoxy) is 1. The molecule has 1 atom stereocenters. The van der Waals surface area contributed by atoms with Gasteiger partial charge in [-0.3, -0.25) is 4.79 Å². The van der Waals surface area contributed by atoms with E-state index in [1.165, 1.54) is 4.90 Å². The molecule has 25 heavy (non-hydrogen) atoms. The van der Waals surface area contributed by atoms with Crippen LogP contribution in [0.15, 0.2) is 53.4 Å². The predicted molar refractivity (Wildman–Crippen MR) is 103 cm³/mol. The van der Waals surface area contributed by atoms with Crippen LogP contribution in [-0.4, -0.2) is 31.4 Å². The summed E-state index contributed by atoms with van der Waals surface area (Å²) < 4.78 is 5.22. The topological polar surface area (TPSA) is 41.6 Å². The van der Waals surface area contributed by atoms with Crippen LogP contribution in [0.2, 0.25) is 0 Å². The Morgan fingerprint density at radius 2 is 2.12 bits per heavy atom. The highest BCUT2D eigenvalue weighted by atomic mass is 32.2. The highest BCUT2D eigenvalue weighted by molar-refractivity contribution is 8.00. The number of thioether (sulfide) groups is 1. The summed E-state index contributed by atoms with van der Waals surface area (Å²) in [6, 6.07) is 16.1. The minimum Gasteiger partial charge on any atom is -0.497 e. The van der Waals surface area contributed by atoms with E-state index < -0.39 is 0 Å². The second-order valence-electron chi connectivity index (χ2n) is 6.12. The number of nitrogens with one attached hydrogen (secondary N) is 1. The summed E-state index contributed by atoms with van der Waals surface area (Å²) in [6.45, 7) is 4.01. The Labute approximate surface area is 153 Å². The van der Waals surface area contributed by atoms with Crippen LogP contribution < -0.4 is 15.0 Å². The van der Waals surface area contributed by atoms with Gasteiger partial charge in [0, 0.05) is 23.2 Å². The van der Waals surface area contributed by atoms with Crippen LogP contribution in [0, 0.1) is 0 Å². The molecule has 1 amide bonds. The maximum absolute atomic E-state index is 12.5. The molecule has 0 aliphatic carbocycles. The first-order chi connectivity index (χ1) is 12.2. The molecule has 2 aromatic rings. The molecule has 1 N–H and O–H groups in total. The molecule has 0 radical (unpaired) electrons. The summed E-state index contributed by atoms with van der Waals surface area (Å²) in [7, 11) is 1.65. The fourth-order valence-electron chi connectivity index (χ4n) is 2.95. The Morgan fingerprint density at radius 1 is 1.28 bits per heavy atom. The maximum Gasteiger partial charge on any atom is 0.239 e. The number of methoxy groups -OCH3 is 1. The van der Waals surface area contributed by atoms with Gasteiger partial charge in [0.25, 0.3) is 0 Å². The minimum absolute atomic E-state index is 0.0411. The molecule has 0 saturated heterocycles. The van der Waals surface area contributed by atoms with Crippen molar-refractivity contribution in [3.63, 3.8) is 0 Å². The normalized spacial score (nSPS) is 16.2. The molecule has 4 nitrogen and oxygen atoms in total. The first-order valence-corrected chi connectivity index (χ1v) is 9.48. The lowest BCUT2D eigenvalue weighted by molar-refractivity contribution is -0.119. The van der Waals surface area contributed by atoms with Crippen molar-refractivity contribution < 1.29 is 9.53 Å². The Bertz CT molecular complexity index is 735. The van der Waals surface area contributed by atoms with E-state index in [0.29, 0.717) is 18.3 Å². The lowest BCUT2D eigenvalue weighted by atomic mass is 10.2. The molecule has 0 fully saturated rings. The number of carbonyl (C=O) groups is 1. The van der Waals surface area contributed by atoms with Crippen molar-refractivity contribution in [2.75, 3.05) is 25.1 Å². The lowest BCUT2D eigenvalue weighted by Crippen LogP contribution is -2.42. The number of benzene rings is 2. The molecular formula is C20H24N2O2S. The Kier molecular flexibility index (Phi) is 5.87. The van der Waals surface area contributed by atoms with Gasteiger partial charge in [-0.1, -0.05) is 31.2 Å². The molecule has 2 aromatic carbocycles. The van der Waals surface area contributed by atoms with Crippen molar-refractivity contribution in [3.05, 3.63) is 54.1 Å². The van der Waals surface area contributed by atoms with E-state index in [0.717, 1.165) is 30.0 Å². The van der Waals surface area contributed by atoms with E-state index in [1.807, 2.05) is 42.1 Å². The molecule has 0 unspecified atom stereocenters. The molecule has 0 spiro atoms. The molecular weight excluding hydrogens is 332 g/mol. The molecule has 3 rings (SSSR count). The zero-order valence-corrected chi connectivity index (χ0v) is 15.5. The fourth-order valence-corrected chi connectivity index (χ4v) is 4.21. The third-order valence-electron chi connectivity index (χ3n) is 4.34. The standard InChI is InChI=1S/C20H24N2O2S/c1-3-17-13-22(18-9-4-5-10-19(18)25-17)14-20(23)21-12-15-7-6-8-16(11-15)24-2/h4-11,17H,3,12-14H2,1-2H3,(H,21,23)/t17-/m0/s1. The average molecular weight is 356 g/mol. The van der Waals surface area contributed by atoms with Gasteiger partial charge in [0.15, 0.2) is 0 Å². The summed E-state index contributed by atoms with van der Waals surface area (Å²) in [5.41, 5.74) is 2.20. The highest BCUT2D eigenvalue weighted by Crippen LogP contribution is 2.39. The second kappa shape index (κ2) is 8.30. The van der Waals surface area contributed by atoms with Gasteiger partial charge in [-0.15, -0.1) is 11.8 Å². The summed E-state index contributed by atoms with van der Waals surface area (Å²) in [5.74, 6) is 0.846. The molecule has 5 heteroatoms. The molecule has 1 aliphatic heterocycles. The van der Waals surface area contributed by atoms with Crippen molar-refractivity contribution >= 4 is 23.4 Å². The summed E-state index contributed by atoms with van der Waals surface area (Å²) in [4.78, 5) is 15.9. The van der Waals surface area contributed by atoms with Crippen LogP contribution in [0.3, 0.4) is 0 Å². The quantitative estimate of drug-likeness (QED) is 0.857. The molecule has 1 aliphatic rings. The molecule has 1 heterocycles. The van der Waals surface area contributed by atoms with Crippen molar-refractivity contribution in [2.24, 2.45) is 0 Å². The Hall–Kier alpha value is -2.14. The first kappa shape index (κ1) is 17.7. The van der Waals surface area contributed by atoms with E-state index in [-0.39, 0.29) is 5.91 Å². The SMILES string of the molecule is CC[C@H]1CN(CC(=O)NCc2cccc(OC)c2)c2ccccc2S1. The number of anilines is 1. The average Bonchev–Trinajstić information content (AvgIpc) is 2.66. The zero-order valence-electron chi connectivity index (χ0n) is 14.7. The number of carbonyl (C=O) groups excluding carboxylic acids is 1. The number of hydrogen-bond acceptors (Lipinski definition) is 4. The summed E-state index contributed by atoms with van der Waals surface area (Å²) >= 11 is 1.91. The van der Waals surface area contributed by atoms with Gasteiger partial charge >= 0.3 is 0 Å². The van der Waals surface area contributed by atoms with Crippen molar-refractivity contribution in [1.29, 1.82) is 0 Å². The van der Waals surface area contributed by atoms with Crippen molar-refractivity contribution in [2.45, 2.75) is 30.0 Å². The van der Waals surface area contributed by atoms with Crippen LogP contribution in [0.25, 0.3) is 0 Å². The monoisotopic (exact) mass is 356 g/mol. The summed E-state index contributed by atoms with van der Waals surface area (Å²) in [5, 5.41) is 3.55. The number of fused-ring (bicyclic) bond motifs is 1. The molecule has 0 aromatic heterocycles. The fraction of sp³-hybridized carbons (Fsp3) is 0.350. The number of amides is 1. The minimum atomic E-state index is 0.0411. The second-order valence-corrected chi connectivity index (χ2v) is 7.47. The lowest BCUT2D eigenvalue weighted by Gasteiger charge is -2.34. The van der Waals surface area contributed by atoms with Crippen LogP contribution in [-0.2, 0) is 11.3 Å². The van der Waals surface area contributed by atoms with Gasteiger partial charge in [-0.25, -0.2) is 0 Å². The van der Waals surface area contributed by atoms with E-state index in [4.69, 9.17) is 4.74 Å². The third-order valence-corrected chi connectivity index (χ3v) is 5.75.